The zero-order chi connectivity index (χ0) is 24.5. The fourth-order valence-electron chi connectivity index (χ4n) is 3.38. The van der Waals surface area contributed by atoms with Gasteiger partial charge in [-0.05, 0) is 58.9 Å². The second-order valence-electron chi connectivity index (χ2n) is 7.15. The zero-order valence-electron chi connectivity index (χ0n) is 20.2. The predicted molar refractivity (Wildman–Crippen MR) is 133 cm³/mol. The number of nitrogens with zero attached hydrogens (tertiary/aromatic N) is 3. The number of hydrogen-bond donors (Lipinski definition) is 0. The number of aromatic nitrogens is 2. The van der Waals surface area contributed by atoms with Crippen LogP contribution in [-0.2, 0) is 4.79 Å². The molecular formula is C25H31N3O5S. The SMILES string of the molecule is CCOc1cc(-c2nnc(SC(C)C(=O)N(CC)c3ccccc3)o2)cc(OCC)c1OCC. The molecule has 1 heterocycles. The minimum Gasteiger partial charge on any atom is -0.490 e. The van der Waals surface area contributed by atoms with Crippen molar-refractivity contribution in [3.8, 4) is 28.7 Å². The fraction of sp³-hybridized carbons (Fsp3) is 0.400. The first-order valence-electron chi connectivity index (χ1n) is 11.5. The third kappa shape index (κ3) is 6.02. The number of amides is 1. The van der Waals surface area contributed by atoms with E-state index >= 15 is 0 Å². The first-order valence-corrected chi connectivity index (χ1v) is 12.3. The van der Waals surface area contributed by atoms with Crippen LogP contribution < -0.4 is 19.1 Å². The van der Waals surface area contributed by atoms with Crippen LogP contribution in [0.1, 0.15) is 34.6 Å². The van der Waals surface area contributed by atoms with Crippen molar-refractivity contribution in [3.05, 3.63) is 42.5 Å². The minimum absolute atomic E-state index is 0.0308. The number of carbonyl (C=O) groups excluding carboxylic acids is 1. The van der Waals surface area contributed by atoms with Crippen LogP contribution in [0.4, 0.5) is 5.69 Å². The summed E-state index contributed by atoms with van der Waals surface area (Å²) in [6, 6.07) is 13.2. The van der Waals surface area contributed by atoms with Crippen molar-refractivity contribution >= 4 is 23.4 Å². The molecule has 0 spiro atoms. The number of benzene rings is 2. The molecule has 0 aliphatic heterocycles. The second-order valence-corrected chi connectivity index (χ2v) is 8.44. The van der Waals surface area contributed by atoms with Crippen molar-refractivity contribution in [3.63, 3.8) is 0 Å². The van der Waals surface area contributed by atoms with Gasteiger partial charge in [0.1, 0.15) is 0 Å². The van der Waals surface area contributed by atoms with Gasteiger partial charge in [-0.1, -0.05) is 30.0 Å². The van der Waals surface area contributed by atoms with E-state index in [1.807, 2.05) is 65.0 Å². The average Bonchev–Trinajstić information content (AvgIpc) is 3.31. The summed E-state index contributed by atoms with van der Waals surface area (Å²) in [5.41, 5.74) is 1.50. The van der Waals surface area contributed by atoms with E-state index in [-0.39, 0.29) is 5.91 Å². The van der Waals surface area contributed by atoms with E-state index < -0.39 is 5.25 Å². The molecule has 8 nitrogen and oxygen atoms in total. The standard InChI is InChI=1S/C25H31N3O5S/c1-6-28(19-13-11-10-12-14-19)24(29)17(5)34-25-27-26-23(33-25)18-15-20(30-7-2)22(32-9-4)21(16-18)31-8-3/h10-17H,6-9H2,1-5H3. The number of carbonyl (C=O) groups is 1. The summed E-state index contributed by atoms with van der Waals surface area (Å²) in [6.45, 7) is 11.5. The quantitative estimate of drug-likeness (QED) is 0.312. The maximum Gasteiger partial charge on any atom is 0.277 e. The lowest BCUT2D eigenvalue weighted by atomic mass is 10.2. The Labute approximate surface area is 204 Å². The highest BCUT2D eigenvalue weighted by Gasteiger charge is 2.25. The first-order chi connectivity index (χ1) is 16.5. The molecule has 0 saturated heterocycles. The van der Waals surface area contributed by atoms with Gasteiger partial charge >= 0.3 is 0 Å². The van der Waals surface area contributed by atoms with Gasteiger partial charge in [0.05, 0.1) is 25.1 Å². The highest BCUT2D eigenvalue weighted by Crippen LogP contribution is 2.42. The Bertz CT molecular complexity index is 1050. The van der Waals surface area contributed by atoms with Gasteiger partial charge in [-0.25, -0.2) is 0 Å². The Morgan fingerprint density at radius 2 is 1.59 bits per heavy atom. The van der Waals surface area contributed by atoms with Crippen LogP contribution in [0, 0.1) is 0 Å². The Hall–Kier alpha value is -3.20. The summed E-state index contributed by atoms with van der Waals surface area (Å²) in [5, 5.41) is 8.23. The normalized spacial score (nSPS) is 11.7. The van der Waals surface area contributed by atoms with E-state index in [4.69, 9.17) is 18.6 Å². The van der Waals surface area contributed by atoms with Gasteiger partial charge in [0.15, 0.2) is 11.5 Å². The fourth-order valence-corrected chi connectivity index (χ4v) is 4.13. The Kier molecular flexibility index (Phi) is 9.21. The van der Waals surface area contributed by atoms with E-state index in [1.54, 1.807) is 17.0 Å². The summed E-state index contributed by atoms with van der Waals surface area (Å²) in [7, 11) is 0. The Morgan fingerprint density at radius 3 is 2.15 bits per heavy atom. The van der Waals surface area contributed by atoms with Crippen molar-refractivity contribution < 1.29 is 23.4 Å². The summed E-state index contributed by atoms with van der Waals surface area (Å²) in [6.07, 6.45) is 0. The van der Waals surface area contributed by atoms with Crippen LogP contribution in [0.15, 0.2) is 52.1 Å². The van der Waals surface area contributed by atoms with Crippen molar-refractivity contribution in [2.24, 2.45) is 0 Å². The van der Waals surface area contributed by atoms with Gasteiger partial charge in [-0.2, -0.15) is 0 Å². The maximum absolute atomic E-state index is 13.1. The summed E-state index contributed by atoms with van der Waals surface area (Å²) >= 11 is 1.23. The molecule has 0 N–H and O–H groups in total. The molecule has 1 amide bonds. The minimum atomic E-state index is -0.410. The monoisotopic (exact) mass is 485 g/mol. The topological polar surface area (TPSA) is 86.9 Å². The van der Waals surface area contributed by atoms with Crippen LogP contribution in [-0.4, -0.2) is 47.7 Å². The van der Waals surface area contributed by atoms with Crippen molar-refractivity contribution in [1.29, 1.82) is 0 Å². The third-order valence-corrected chi connectivity index (χ3v) is 5.76. The number of ether oxygens (including phenoxy) is 3. The maximum atomic E-state index is 13.1. The van der Waals surface area contributed by atoms with Crippen molar-refractivity contribution in [2.45, 2.75) is 45.1 Å². The second kappa shape index (κ2) is 12.3. The smallest absolute Gasteiger partial charge is 0.277 e. The molecule has 1 unspecified atom stereocenters. The molecule has 182 valence electrons. The molecule has 0 aliphatic carbocycles. The van der Waals surface area contributed by atoms with E-state index in [9.17, 15) is 4.79 Å². The molecule has 1 atom stereocenters. The molecule has 0 bridgehead atoms. The lowest BCUT2D eigenvalue weighted by Gasteiger charge is -2.23. The van der Waals surface area contributed by atoms with Gasteiger partial charge in [0, 0.05) is 17.8 Å². The molecule has 3 rings (SSSR count). The lowest BCUT2D eigenvalue weighted by Crippen LogP contribution is -2.36. The predicted octanol–water partition coefficient (Wildman–Crippen LogP) is 5.47. The molecule has 0 fully saturated rings. The Balaban J connectivity index is 1.82. The van der Waals surface area contributed by atoms with E-state index in [2.05, 4.69) is 10.2 Å². The number of anilines is 1. The molecule has 34 heavy (non-hydrogen) atoms. The Morgan fingerprint density at radius 1 is 0.971 bits per heavy atom. The van der Waals surface area contributed by atoms with Crippen LogP contribution in [0.2, 0.25) is 0 Å². The van der Waals surface area contributed by atoms with Gasteiger partial charge in [-0.15, -0.1) is 10.2 Å². The van der Waals surface area contributed by atoms with Gasteiger partial charge in [0.2, 0.25) is 17.5 Å². The van der Waals surface area contributed by atoms with Gasteiger partial charge in [-0.3, -0.25) is 4.79 Å². The van der Waals surface area contributed by atoms with Gasteiger partial charge < -0.3 is 23.5 Å². The molecular weight excluding hydrogens is 454 g/mol. The van der Waals surface area contributed by atoms with Gasteiger partial charge in [0.25, 0.3) is 5.22 Å². The molecule has 9 heteroatoms. The zero-order valence-corrected chi connectivity index (χ0v) is 21.1. The number of rotatable bonds is 12. The largest absolute Gasteiger partial charge is 0.490 e. The van der Waals surface area contributed by atoms with Crippen LogP contribution in [0.3, 0.4) is 0 Å². The van der Waals surface area contributed by atoms with Crippen molar-refractivity contribution in [2.75, 3.05) is 31.3 Å². The molecule has 0 radical (unpaired) electrons. The summed E-state index contributed by atoms with van der Waals surface area (Å²) in [4.78, 5) is 14.8. The number of para-hydroxylation sites is 1. The number of thioether (sulfide) groups is 1. The van der Waals surface area contributed by atoms with E-state index in [1.165, 1.54) is 11.8 Å². The molecule has 2 aromatic carbocycles. The molecule has 1 aromatic heterocycles. The summed E-state index contributed by atoms with van der Waals surface area (Å²) < 4.78 is 23.2. The highest BCUT2D eigenvalue weighted by molar-refractivity contribution is 8.00. The van der Waals surface area contributed by atoms with Crippen LogP contribution in [0.5, 0.6) is 17.2 Å². The molecule has 3 aromatic rings. The van der Waals surface area contributed by atoms with Crippen LogP contribution >= 0.6 is 11.8 Å². The molecule has 0 aliphatic rings. The lowest BCUT2D eigenvalue weighted by molar-refractivity contribution is -0.117. The van der Waals surface area contributed by atoms with E-state index in [0.29, 0.717) is 60.3 Å². The molecule has 0 saturated carbocycles. The first kappa shape index (κ1) is 25.4. The number of hydrogen-bond acceptors (Lipinski definition) is 8. The third-order valence-electron chi connectivity index (χ3n) is 4.84. The highest BCUT2D eigenvalue weighted by atomic mass is 32.2. The van der Waals surface area contributed by atoms with Crippen molar-refractivity contribution in [1.82, 2.24) is 10.2 Å². The summed E-state index contributed by atoms with van der Waals surface area (Å²) in [5.74, 6) is 1.91. The van der Waals surface area contributed by atoms with E-state index in [0.717, 1.165) is 5.69 Å². The average molecular weight is 486 g/mol. The van der Waals surface area contributed by atoms with Crippen LogP contribution in [0.25, 0.3) is 11.5 Å².